The SMILES string of the molecule is O=C(Nc1nnc(SCc2ccccc2)s1)c1ccc([N+](=O)[O-])cc1. The fourth-order valence-corrected chi connectivity index (χ4v) is 3.64. The van der Waals surface area contributed by atoms with Crippen molar-refractivity contribution >= 4 is 39.8 Å². The predicted octanol–water partition coefficient (Wildman–Crippen LogP) is 3.99. The summed E-state index contributed by atoms with van der Waals surface area (Å²) < 4.78 is 0.753. The van der Waals surface area contributed by atoms with E-state index in [2.05, 4.69) is 15.5 Å². The van der Waals surface area contributed by atoms with Crippen molar-refractivity contribution < 1.29 is 9.72 Å². The normalized spacial score (nSPS) is 10.4. The first-order valence-corrected chi connectivity index (χ1v) is 8.98. The van der Waals surface area contributed by atoms with Gasteiger partial charge < -0.3 is 0 Å². The standard InChI is InChI=1S/C16H12N4O3S2/c21-14(12-6-8-13(9-7-12)20(22)23)17-15-18-19-16(25-15)24-10-11-4-2-1-3-5-11/h1-9H,10H2,(H,17,18,21). The molecular formula is C16H12N4O3S2. The average Bonchev–Trinajstić information content (AvgIpc) is 3.08. The van der Waals surface area contributed by atoms with Crippen molar-refractivity contribution in [3.63, 3.8) is 0 Å². The second kappa shape index (κ2) is 7.86. The van der Waals surface area contributed by atoms with Crippen molar-refractivity contribution in [3.8, 4) is 0 Å². The third-order valence-corrected chi connectivity index (χ3v) is 5.22. The third-order valence-electron chi connectivity index (χ3n) is 3.17. The topological polar surface area (TPSA) is 98.0 Å². The minimum atomic E-state index is -0.511. The van der Waals surface area contributed by atoms with Crippen molar-refractivity contribution in [1.29, 1.82) is 0 Å². The summed E-state index contributed by atoms with van der Waals surface area (Å²) in [5.74, 6) is 0.386. The molecule has 0 fully saturated rings. The Morgan fingerprint density at radius 1 is 1.12 bits per heavy atom. The number of nitrogens with zero attached hydrogens (tertiary/aromatic N) is 3. The average molecular weight is 372 g/mol. The molecule has 0 atom stereocenters. The van der Waals surface area contributed by atoms with Gasteiger partial charge in [0.2, 0.25) is 5.13 Å². The van der Waals surface area contributed by atoms with E-state index in [0.717, 1.165) is 10.1 Å². The molecular weight excluding hydrogens is 360 g/mol. The van der Waals surface area contributed by atoms with Crippen molar-refractivity contribution in [2.24, 2.45) is 0 Å². The van der Waals surface area contributed by atoms with E-state index in [4.69, 9.17) is 0 Å². The quantitative estimate of drug-likeness (QED) is 0.304. The Morgan fingerprint density at radius 2 is 1.84 bits per heavy atom. The first-order valence-electron chi connectivity index (χ1n) is 7.18. The Morgan fingerprint density at radius 3 is 2.52 bits per heavy atom. The molecule has 9 heteroatoms. The van der Waals surface area contributed by atoms with E-state index in [0.29, 0.717) is 10.7 Å². The largest absolute Gasteiger partial charge is 0.296 e. The molecule has 25 heavy (non-hydrogen) atoms. The molecule has 0 bridgehead atoms. The van der Waals surface area contributed by atoms with E-state index < -0.39 is 4.92 Å². The lowest BCUT2D eigenvalue weighted by molar-refractivity contribution is -0.384. The summed E-state index contributed by atoms with van der Waals surface area (Å²) in [5, 5.41) is 21.7. The third kappa shape index (κ3) is 4.61. The molecule has 3 rings (SSSR count). The molecule has 0 unspecified atom stereocenters. The maximum Gasteiger partial charge on any atom is 0.269 e. The van der Waals surface area contributed by atoms with E-state index in [9.17, 15) is 14.9 Å². The number of nitrogens with one attached hydrogen (secondary N) is 1. The smallest absolute Gasteiger partial charge is 0.269 e. The van der Waals surface area contributed by atoms with Crippen LogP contribution in [0.4, 0.5) is 10.8 Å². The minimum Gasteiger partial charge on any atom is -0.296 e. The van der Waals surface area contributed by atoms with Gasteiger partial charge in [0.1, 0.15) is 0 Å². The Bertz CT molecular complexity index is 882. The van der Waals surface area contributed by atoms with Gasteiger partial charge >= 0.3 is 0 Å². The van der Waals surface area contributed by atoms with Gasteiger partial charge in [-0.1, -0.05) is 53.4 Å². The van der Waals surface area contributed by atoms with Crippen LogP contribution in [0.1, 0.15) is 15.9 Å². The molecule has 0 radical (unpaired) electrons. The van der Waals surface area contributed by atoms with Crippen LogP contribution in [0.25, 0.3) is 0 Å². The number of amides is 1. The van der Waals surface area contributed by atoms with Crippen LogP contribution in [-0.4, -0.2) is 21.0 Å². The molecule has 0 aliphatic rings. The van der Waals surface area contributed by atoms with Gasteiger partial charge in [-0.05, 0) is 17.7 Å². The summed E-state index contributed by atoms with van der Waals surface area (Å²) in [4.78, 5) is 22.2. The van der Waals surface area contributed by atoms with Crippen LogP contribution >= 0.6 is 23.1 Å². The van der Waals surface area contributed by atoms with Crippen LogP contribution < -0.4 is 5.32 Å². The van der Waals surface area contributed by atoms with Crippen LogP contribution in [0, 0.1) is 10.1 Å². The summed E-state index contributed by atoms with van der Waals surface area (Å²) in [6.07, 6.45) is 0. The molecule has 1 heterocycles. The Hall–Kier alpha value is -2.78. The molecule has 126 valence electrons. The Labute approximate surface area is 151 Å². The summed E-state index contributed by atoms with van der Waals surface area (Å²) in [7, 11) is 0. The molecule has 2 aromatic carbocycles. The first kappa shape index (κ1) is 17.1. The number of benzene rings is 2. The van der Waals surface area contributed by atoms with Crippen molar-refractivity contribution in [2.75, 3.05) is 5.32 Å². The summed E-state index contributed by atoms with van der Waals surface area (Å²) in [5.41, 5.74) is 1.44. The molecule has 1 amide bonds. The molecule has 3 aromatic rings. The van der Waals surface area contributed by atoms with Gasteiger partial charge in [0, 0.05) is 23.4 Å². The predicted molar refractivity (Wildman–Crippen MR) is 97.0 cm³/mol. The number of non-ortho nitro benzene ring substituents is 1. The number of aromatic nitrogens is 2. The first-order chi connectivity index (χ1) is 12.1. The van der Waals surface area contributed by atoms with Crippen LogP contribution in [0.15, 0.2) is 58.9 Å². The number of hydrogen-bond acceptors (Lipinski definition) is 7. The number of carbonyl (C=O) groups excluding carboxylic acids is 1. The highest BCUT2D eigenvalue weighted by Gasteiger charge is 2.12. The van der Waals surface area contributed by atoms with E-state index in [1.807, 2.05) is 30.3 Å². The maximum absolute atomic E-state index is 12.1. The molecule has 7 nitrogen and oxygen atoms in total. The van der Waals surface area contributed by atoms with Gasteiger partial charge in [-0.2, -0.15) is 0 Å². The van der Waals surface area contributed by atoms with E-state index in [-0.39, 0.29) is 11.6 Å². The lowest BCUT2D eigenvalue weighted by Gasteiger charge is -2.00. The van der Waals surface area contributed by atoms with Crippen LogP contribution in [0.3, 0.4) is 0 Å². The van der Waals surface area contributed by atoms with E-state index in [1.54, 1.807) is 11.8 Å². The highest BCUT2D eigenvalue weighted by Crippen LogP contribution is 2.28. The number of hydrogen-bond donors (Lipinski definition) is 1. The highest BCUT2D eigenvalue weighted by atomic mass is 32.2. The van der Waals surface area contributed by atoms with E-state index in [1.165, 1.54) is 41.2 Å². The molecule has 1 aromatic heterocycles. The monoisotopic (exact) mass is 372 g/mol. The minimum absolute atomic E-state index is 0.0629. The zero-order valence-corrected chi connectivity index (χ0v) is 14.4. The number of nitro groups is 1. The highest BCUT2D eigenvalue weighted by molar-refractivity contribution is 8.00. The van der Waals surface area contributed by atoms with Gasteiger partial charge in [0.15, 0.2) is 4.34 Å². The molecule has 0 saturated carbocycles. The zero-order chi connectivity index (χ0) is 17.6. The summed E-state index contributed by atoms with van der Waals surface area (Å²) >= 11 is 2.82. The number of rotatable bonds is 6. The summed E-state index contributed by atoms with van der Waals surface area (Å²) in [6.45, 7) is 0. The Balaban J connectivity index is 1.58. The molecule has 0 spiro atoms. The number of thioether (sulfide) groups is 1. The van der Waals surface area contributed by atoms with Crippen LogP contribution in [-0.2, 0) is 5.75 Å². The van der Waals surface area contributed by atoms with Gasteiger partial charge in [-0.25, -0.2) is 0 Å². The molecule has 0 aliphatic carbocycles. The van der Waals surface area contributed by atoms with E-state index >= 15 is 0 Å². The number of carbonyl (C=O) groups is 1. The Kier molecular flexibility index (Phi) is 5.36. The van der Waals surface area contributed by atoms with Crippen molar-refractivity contribution in [1.82, 2.24) is 10.2 Å². The van der Waals surface area contributed by atoms with Gasteiger partial charge in [0.05, 0.1) is 4.92 Å². The summed E-state index contributed by atoms with van der Waals surface area (Å²) in [6, 6.07) is 15.4. The van der Waals surface area contributed by atoms with Gasteiger partial charge in [-0.3, -0.25) is 20.2 Å². The zero-order valence-electron chi connectivity index (χ0n) is 12.8. The maximum atomic E-state index is 12.1. The fourth-order valence-electron chi connectivity index (χ4n) is 1.94. The second-order valence-corrected chi connectivity index (χ2v) is 7.11. The fraction of sp³-hybridized carbons (Fsp3) is 0.0625. The lowest BCUT2D eigenvalue weighted by atomic mass is 10.2. The number of anilines is 1. The van der Waals surface area contributed by atoms with Crippen molar-refractivity contribution in [2.45, 2.75) is 10.1 Å². The second-order valence-electron chi connectivity index (χ2n) is 4.91. The molecule has 1 N–H and O–H groups in total. The van der Waals surface area contributed by atoms with Crippen molar-refractivity contribution in [3.05, 3.63) is 75.8 Å². The van der Waals surface area contributed by atoms with Crippen LogP contribution in [0.2, 0.25) is 0 Å². The lowest BCUT2D eigenvalue weighted by Crippen LogP contribution is -2.11. The van der Waals surface area contributed by atoms with Gasteiger partial charge in [0.25, 0.3) is 11.6 Å². The molecule has 0 aliphatic heterocycles. The molecule has 0 saturated heterocycles. The van der Waals surface area contributed by atoms with Gasteiger partial charge in [-0.15, -0.1) is 10.2 Å². The van der Waals surface area contributed by atoms with Crippen LogP contribution in [0.5, 0.6) is 0 Å². The number of nitro benzene ring substituents is 1.